The molecule has 5 rings (SSSR count). The number of likely N-dealkylation sites (tertiary alicyclic amines) is 1. The van der Waals surface area contributed by atoms with Crippen molar-refractivity contribution in [2.45, 2.75) is 18.3 Å². The molecule has 1 fully saturated rings. The van der Waals surface area contributed by atoms with E-state index >= 15 is 0 Å². The zero-order valence-electron chi connectivity index (χ0n) is 14.3. The van der Waals surface area contributed by atoms with Crippen molar-refractivity contribution < 1.29 is 9.53 Å². The Morgan fingerprint density at radius 1 is 1.12 bits per heavy atom. The number of aromatic nitrogens is 1. The molecule has 0 atom stereocenters. The zero-order valence-corrected chi connectivity index (χ0v) is 15.9. The first-order valence-electron chi connectivity index (χ1n) is 8.95. The average molecular weight is 411 g/mol. The summed E-state index contributed by atoms with van der Waals surface area (Å²) in [5, 5.41) is 1.05. The lowest BCUT2D eigenvalue weighted by atomic mass is 9.74. The van der Waals surface area contributed by atoms with Crippen LogP contribution in [0.1, 0.15) is 28.9 Å². The van der Waals surface area contributed by atoms with E-state index in [-0.39, 0.29) is 11.3 Å². The van der Waals surface area contributed by atoms with Crippen LogP contribution in [0.25, 0.3) is 10.9 Å². The van der Waals surface area contributed by atoms with Crippen LogP contribution in [0.15, 0.2) is 53.0 Å². The van der Waals surface area contributed by atoms with E-state index in [1.54, 1.807) is 0 Å². The van der Waals surface area contributed by atoms with Gasteiger partial charge in [0.25, 0.3) is 5.91 Å². The lowest BCUT2D eigenvalue weighted by Crippen LogP contribution is -2.46. The van der Waals surface area contributed by atoms with Crippen molar-refractivity contribution in [1.82, 2.24) is 9.88 Å². The number of carbonyl (C=O) groups excluding carboxylic acids is 1. The summed E-state index contributed by atoms with van der Waals surface area (Å²) in [6.07, 6.45) is 1.89. The first-order chi connectivity index (χ1) is 12.6. The Morgan fingerprint density at radius 2 is 1.92 bits per heavy atom. The molecule has 1 saturated heterocycles. The quantitative estimate of drug-likeness (QED) is 0.641. The summed E-state index contributed by atoms with van der Waals surface area (Å²) in [6.45, 7) is 2.25. The average Bonchev–Trinajstić information content (AvgIpc) is 3.24. The number of rotatable bonds is 1. The molecule has 1 spiro atoms. The van der Waals surface area contributed by atoms with Crippen molar-refractivity contribution in [1.29, 1.82) is 0 Å². The Balaban J connectivity index is 1.36. The van der Waals surface area contributed by atoms with Crippen LogP contribution in [0.4, 0.5) is 0 Å². The minimum absolute atomic E-state index is 0.0681. The summed E-state index contributed by atoms with van der Waals surface area (Å²) in [5.74, 6) is 1.09. The molecule has 3 aromatic rings. The molecule has 132 valence electrons. The third-order valence-electron chi connectivity index (χ3n) is 5.78. The standard InChI is InChI=1S/C21H19BrN2O2/c22-15-5-6-17-14(11-15)12-18(23-17)20(25)24-9-7-21(8-10-24)13-26-19-4-2-1-3-16(19)21/h1-6,11-12,23H,7-10,13H2. The molecule has 2 aliphatic rings. The molecule has 0 saturated carbocycles. The van der Waals surface area contributed by atoms with Crippen molar-refractivity contribution >= 4 is 32.7 Å². The van der Waals surface area contributed by atoms with E-state index in [1.165, 1.54) is 5.56 Å². The molecule has 5 heteroatoms. The van der Waals surface area contributed by atoms with Gasteiger partial charge >= 0.3 is 0 Å². The van der Waals surface area contributed by atoms with Crippen molar-refractivity contribution in [3.05, 3.63) is 64.3 Å². The molecular formula is C21H19BrN2O2. The monoisotopic (exact) mass is 410 g/mol. The fourth-order valence-corrected chi connectivity index (χ4v) is 4.64. The van der Waals surface area contributed by atoms with Gasteiger partial charge in [-0.25, -0.2) is 0 Å². The number of benzene rings is 2. The highest BCUT2D eigenvalue weighted by molar-refractivity contribution is 9.10. The fourth-order valence-electron chi connectivity index (χ4n) is 4.26. The number of hydrogen-bond donors (Lipinski definition) is 1. The predicted octanol–water partition coefficient (Wildman–Crippen LogP) is 4.50. The van der Waals surface area contributed by atoms with E-state index in [0.717, 1.165) is 53.7 Å². The number of nitrogens with one attached hydrogen (secondary N) is 1. The van der Waals surface area contributed by atoms with Crippen LogP contribution in [-0.2, 0) is 5.41 Å². The third kappa shape index (κ3) is 2.45. The molecule has 3 heterocycles. The summed E-state index contributed by atoms with van der Waals surface area (Å²) < 4.78 is 6.93. The van der Waals surface area contributed by atoms with Crippen LogP contribution < -0.4 is 4.74 Å². The number of carbonyl (C=O) groups is 1. The SMILES string of the molecule is O=C(c1cc2cc(Br)ccc2[nH]1)N1CCC2(CC1)COc1ccccc12. The van der Waals surface area contributed by atoms with Crippen LogP contribution in [0.2, 0.25) is 0 Å². The smallest absolute Gasteiger partial charge is 0.270 e. The largest absolute Gasteiger partial charge is 0.492 e. The molecule has 1 aromatic heterocycles. The van der Waals surface area contributed by atoms with Crippen LogP contribution in [-0.4, -0.2) is 35.5 Å². The fraction of sp³-hybridized carbons (Fsp3) is 0.286. The van der Waals surface area contributed by atoms with Gasteiger partial charge in [0.1, 0.15) is 11.4 Å². The second kappa shape index (κ2) is 5.88. The van der Waals surface area contributed by atoms with Gasteiger partial charge in [0.15, 0.2) is 0 Å². The summed E-state index contributed by atoms with van der Waals surface area (Å²) in [5.41, 5.74) is 3.03. The maximum Gasteiger partial charge on any atom is 0.270 e. The highest BCUT2D eigenvalue weighted by Gasteiger charge is 2.43. The van der Waals surface area contributed by atoms with Gasteiger partial charge in [-0.3, -0.25) is 4.79 Å². The Labute approximate surface area is 160 Å². The number of nitrogens with zero attached hydrogens (tertiary/aromatic N) is 1. The molecule has 2 aliphatic heterocycles. The van der Waals surface area contributed by atoms with Crippen LogP contribution in [0.3, 0.4) is 0 Å². The maximum absolute atomic E-state index is 13.0. The number of amides is 1. The lowest BCUT2D eigenvalue weighted by molar-refractivity contribution is 0.0642. The minimum Gasteiger partial charge on any atom is -0.492 e. The number of piperidine rings is 1. The van der Waals surface area contributed by atoms with Crippen molar-refractivity contribution in [2.24, 2.45) is 0 Å². The molecule has 4 nitrogen and oxygen atoms in total. The maximum atomic E-state index is 13.0. The summed E-state index contributed by atoms with van der Waals surface area (Å²) >= 11 is 3.48. The molecule has 1 amide bonds. The summed E-state index contributed by atoms with van der Waals surface area (Å²) in [7, 11) is 0. The Bertz CT molecular complexity index is 1000. The number of H-pyrrole nitrogens is 1. The van der Waals surface area contributed by atoms with Gasteiger partial charge in [-0.2, -0.15) is 0 Å². The zero-order chi connectivity index (χ0) is 17.7. The van der Waals surface area contributed by atoms with Crippen LogP contribution in [0.5, 0.6) is 5.75 Å². The second-order valence-corrected chi connectivity index (χ2v) is 8.19. The third-order valence-corrected chi connectivity index (χ3v) is 6.28. The van der Waals surface area contributed by atoms with E-state index in [0.29, 0.717) is 5.69 Å². The van der Waals surface area contributed by atoms with Gasteiger partial charge in [0, 0.05) is 39.4 Å². The van der Waals surface area contributed by atoms with E-state index < -0.39 is 0 Å². The Morgan fingerprint density at radius 3 is 2.77 bits per heavy atom. The Kier molecular flexibility index (Phi) is 3.60. The van der Waals surface area contributed by atoms with Crippen molar-refractivity contribution in [2.75, 3.05) is 19.7 Å². The van der Waals surface area contributed by atoms with Gasteiger partial charge in [0.2, 0.25) is 0 Å². The molecule has 26 heavy (non-hydrogen) atoms. The minimum atomic E-state index is 0.0681. The van der Waals surface area contributed by atoms with Gasteiger partial charge < -0.3 is 14.6 Å². The van der Waals surface area contributed by atoms with E-state index in [4.69, 9.17) is 4.74 Å². The number of halogens is 1. The van der Waals surface area contributed by atoms with Crippen LogP contribution >= 0.6 is 15.9 Å². The van der Waals surface area contributed by atoms with Gasteiger partial charge in [-0.1, -0.05) is 34.1 Å². The number of para-hydroxylation sites is 1. The molecule has 2 aromatic carbocycles. The molecule has 0 unspecified atom stereocenters. The van der Waals surface area contributed by atoms with Crippen molar-refractivity contribution in [3.63, 3.8) is 0 Å². The van der Waals surface area contributed by atoms with E-state index in [9.17, 15) is 4.79 Å². The number of hydrogen-bond acceptors (Lipinski definition) is 2. The molecule has 0 bridgehead atoms. The number of aromatic amines is 1. The normalized spacial score (nSPS) is 18.1. The summed E-state index contributed by atoms with van der Waals surface area (Å²) in [4.78, 5) is 18.2. The second-order valence-electron chi connectivity index (χ2n) is 7.27. The molecule has 1 N–H and O–H groups in total. The Hall–Kier alpha value is -2.27. The highest BCUT2D eigenvalue weighted by atomic mass is 79.9. The highest BCUT2D eigenvalue weighted by Crippen LogP contribution is 2.45. The number of ether oxygens (including phenoxy) is 1. The van der Waals surface area contributed by atoms with E-state index in [2.05, 4.69) is 33.0 Å². The topological polar surface area (TPSA) is 45.3 Å². The van der Waals surface area contributed by atoms with Crippen LogP contribution in [0, 0.1) is 0 Å². The van der Waals surface area contributed by atoms with Gasteiger partial charge in [-0.15, -0.1) is 0 Å². The van der Waals surface area contributed by atoms with Gasteiger partial charge in [0.05, 0.1) is 6.61 Å². The van der Waals surface area contributed by atoms with E-state index in [1.807, 2.05) is 41.3 Å². The summed E-state index contributed by atoms with van der Waals surface area (Å²) in [6, 6.07) is 16.3. The first kappa shape index (κ1) is 15.9. The molecule has 0 aliphatic carbocycles. The first-order valence-corrected chi connectivity index (χ1v) is 9.74. The predicted molar refractivity (Wildman–Crippen MR) is 105 cm³/mol. The molecular weight excluding hydrogens is 392 g/mol. The number of fused-ring (bicyclic) bond motifs is 3. The lowest BCUT2D eigenvalue weighted by Gasteiger charge is -2.38. The molecule has 0 radical (unpaired) electrons. The van der Waals surface area contributed by atoms with Gasteiger partial charge in [-0.05, 0) is 43.2 Å². The van der Waals surface area contributed by atoms with Crippen molar-refractivity contribution in [3.8, 4) is 5.75 Å².